The Morgan fingerprint density at radius 2 is 2.20 bits per heavy atom. The molecule has 54 valence electrons. The van der Waals surface area contributed by atoms with Crippen molar-refractivity contribution in [3.8, 4) is 0 Å². The Kier molecular flexibility index (Phi) is 2.79. The van der Waals surface area contributed by atoms with Crippen molar-refractivity contribution in [2.24, 2.45) is 0 Å². The zero-order chi connectivity index (χ0) is 7.56. The van der Waals surface area contributed by atoms with Gasteiger partial charge in [0.2, 0.25) is 0 Å². The highest BCUT2D eigenvalue weighted by Gasteiger charge is 1.98. The van der Waals surface area contributed by atoms with E-state index in [4.69, 9.17) is 0 Å². The van der Waals surface area contributed by atoms with Crippen LogP contribution in [0, 0.1) is 9.39 Å². The molecule has 1 rings (SSSR count). The van der Waals surface area contributed by atoms with Crippen molar-refractivity contribution in [3.63, 3.8) is 0 Å². The second-order valence-corrected chi connectivity index (χ2v) is 3.21. The van der Waals surface area contributed by atoms with E-state index in [0.29, 0.717) is 5.69 Å². The third-order valence-corrected chi connectivity index (χ3v) is 1.96. The largest absolute Gasteiger partial charge is 0.330 e. The summed E-state index contributed by atoms with van der Waals surface area (Å²) in [5.41, 5.74) is 0.406. The van der Waals surface area contributed by atoms with E-state index in [2.05, 4.69) is 17.5 Å². The van der Waals surface area contributed by atoms with E-state index in [1.54, 1.807) is 6.07 Å². The Morgan fingerprint density at radius 1 is 1.50 bits per heavy atom. The molecule has 0 aliphatic rings. The molecule has 0 unspecified atom stereocenters. The van der Waals surface area contributed by atoms with Crippen LogP contribution in [0.3, 0.4) is 0 Å². The van der Waals surface area contributed by atoms with Gasteiger partial charge in [0.1, 0.15) is 5.82 Å². The van der Waals surface area contributed by atoms with Crippen molar-refractivity contribution in [3.05, 3.63) is 27.6 Å². The first-order valence-electron chi connectivity index (χ1n) is 2.59. The summed E-state index contributed by atoms with van der Waals surface area (Å²) in [4.78, 5) is 0. The lowest BCUT2D eigenvalue weighted by molar-refractivity contribution is 0.631. The van der Waals surface area contributed by atoms with Gasteiger partial charge in [-0.25, -0.2) is 4.39 Å². The molecule has 0 saturated heterocycles. The molecule has 1 aromatic carbocycles. The Labute approximate surface area is 77.7 Å². The van der Waals surface area contributed by atoms with Crippen LogP contribution in [0.5, 0.6) is 0 Å². The summed E-state index contributed by atoms with van der Waals surface area (Å²) in [7, 11) is 0. The Morgan fingerprint density at radius 3 is 2.70 bits per heavy atom. The van der Waals surface area contributed by atoms with Crippen LogP contribution in [0.15, 0.2) is 18.2 Å². The monoisotopic (exact) mass is 269 g/mol. The van der Waals surface area contributed by atoms with E-state index in [-0.39, 0.29) is 5.82 Å². The fourth-order valence-corrected chi connectivity index (χ4v) is 1.21. The van der Waals surface area contributed by atoms with Crippen molar-refractivity contribution < 1.29 is 4.39 Å². The molecule has 0 aromatic heterocycles. The molecule has 0 aliphatic heterocycles. The van der Waals surface area contributed by atoms with Gasteiger partial charge in [-0.15, -0.1) is 0 Å². The number of anilines is 1. The number of rotatable bonds is 1. The van der Waals surface area contributed by atoms with Gasteiger partial charge in [-0.1, -0.05) is 12.8 Å². The average Bonchev–Trinajstić information content (AvgIpc) is 1.88. The maximum atomic E-state index is 12.7. The molecule has 1 aromatic rings. The molecule has 0 heterocycles. The number of nitrogens with one attached hydrogen (secondary N) is 1. The van der Waals surface area contributed by atoms with Crippen molar-refractivity contribution in [1.82, 2.24) is 0 Å². The van der Waals surface area contributed by atoms with Gasteiger partial charge in [0.05, 0.1) is 5.69 Å². The number of halogens is 2. The summed E-state index contributed by atoms with van der Waals surface area (Å²) in [6.07, 6.45) is 0. The average molecular weight is 269 g/mol. The summed E-state index contributed by atoms with van der Waals surface area (Å²) in [6, 6.07) is 4.89. The molecule has 1 nitrogen and oxygen atoms in total. The van der Waals surface area contributed by atoms with Crippen LogP contribution in [0.25, 0.3) is 0 Å². The van der Waals surface area contributed by atoms with Gasteiger partial charge in [-0.2, -0.15) is 0 Å². The zero-order valence-electron chi connectivity index (χ0n) is 4.94. The fourth-order valence-electron chi connectivity index (χ4n) is 0.580. The Bertz CT molecular complexity index is 241. The predicted molar refractivity (Wildman–Crippen MR) is 51.7 cm³/mol. The van der Waals surface area contributed by atoms with E-state index in [9.17, 15) is 4.39 Å². The van der Waals surface area contributed by atoms with Gasteiger partial charge in [0.15, 0.2) is 0 Å². The Balaban J connectivity index is 3.07. The van der Waals surface area contributed by atoms with Crippen LogP contribution in [0.1, 0.15) is 0 Å². The van der Waals surface area contributed by atoms with E-state index in [0.717, 1.165) is 3.57 Å². The van der Waals surface area contributed by atoms with Crippen LogP contribution >= 0.6 is 35.4 Å². The zero-order valence-corrected chi connectivity index (χ0v) is 7.99. The van der Waals surface area contributed by atoms with Crippen molar-refractivity contribution in [1.29, 1.82) is 0 Å². The molecular formula is C6H5FINS. The van der Waals surface area contributed by atoms with Gasteiger partial charge in [-0.3, -0.25) is 0 Å². The lowest BCUT2D eigenvalue weighted by Gasteiger charge is -1.99. The highest BCUT2D eigenvalue weighted by atomic mass is 127. The first kappa shape index (κ1) is 8.13. The maximum absolute atomic E-state index is 12.7. The first-order chi connectivity index (χ1) is 4.74. The quantitative estimate of drug-likeness (QED) is 0.590. The van der Waals surface area contributed by atoms with E-state index in [1.165, 1.54) is 6.07 Å². The minimum Gasteiger partial charge on any atom is -0.330 e. The number of hydrogen-bond acceptors (Lipinski definition) is 2. The predicted octanol–water partition coefficient (Wildman–Crippen LogP) is 2.69. The highest BCUT2D eigenvalue weighted by molar-refractivity contribution is 14.1. The van der Waals surface area contributed by atoms with E-state index < -0.39 is 0 Å². The second-order valence-electron chi connectivity index (χ2n) is 1.74. The lowest BCUT2D eigenvalue weighted by Crippen LogP contribution is -1.86. The number of thiol groups is 1. The summed E-state index contributed by atoms with van der Waals surface area (Å²) in [6.45, 7) is 0. The summed E-state index contributed by atoms with van der Waals surface area (Å²) < 4.78 is 16.1. The molecule has 0 radical (unpaired) electrons. The molecule has 10 heavy (non-hydrogen) atoms. The summed E-state index contributed by atoms with van der Waals surface area (Å²) in [5.74, 6) is -0.276. The smallest absolute Gasteiger partial charge is 0.148 e. The molecular weight excluding hydrogens is 264 g/mol. The summed E-state index contributed by atoms with van der Waals surface area (Å²) in [5, 5.41) is 0. The van der Waals surface area contributed by atoms with E-state index >= 15 is 0 Å². The van der Waals surface area contributed by atoms with Gasteiger partial charge >= 0.3 is 0 Å². The molecule has 0 bridgehead atoms. The number of benzene rings is 1. The normalized spacial score (nSPS) is 9.50. The topological polar surface area (TPSA) is 12.0 Å². The Hall–Kier alpha value is 0.0300. The van der Waals surface area contributed by atoms with Crippen molar-refractivity contribution in [2.75, 3.05) is 4.72 Å². The second kappa shape index (κ2) is 3.43. The molecule has 0 atom stereocenters. The van der Waals surface area contributed by atoms with E-state index in [1.807, 2.05) is 28.7 Å². The first-order valence-corrected chi connectivity index (χ1v) is 4.12. The molecule has 0 spiro atoms. The van der Waals surface area contributed by atoms with Crippen LogP contribution < -0.4 is 4.72 Å². The van der Waals surface area contributed by atoms with Crippen molar-refractivity contribution >= 4 is 41.1 Å². The van der Waals surface area contributed by atoms with Crippen LogP contribution in [0.4, 0.5) is 10.1 Å². The third kappa shape index (κ3) is 1.76. The van der Waals surface area contributed by atoms with Gasteiger partial charge < -0.3 is 4.72 Å². The maximum Gasteiger partial charge on any atom is 0.148 e. The molecule has 0 saturated carbocycles. The van der Waals surface area contributed by atoms with Crippen LogP contribution in [-0.4, -0.2) is 0 Å². The van der Waals surface area contributed by atoms with Crippen LogP contribution in [-0.2, 0) is 0 Å². The van der Waals surface area contributed by atoms with Gasteiger partial charge in [0.25, 0.3) is 0 Å². The molecule has 0 aliphatic carbocycles. The minimum absolute atomic E-state index is 0.276. The SMILES string of the molecule is Fc1cc(I)ccc1NS. The minimum atomic E-state index is -0.276. The van der Waals surface area contributed by atoms with Crippen LogP contribution in [0.2, 0.25) is 0 Å². The van der Waals surface area contributed by atoms with Gasteiger partial charge in [0, 0.05) is 3.57 Å². The molecule has 4 heteroatoms. The van der Waals surface area contributed by atoms with Gasteiger partial charge in [-0.05, 0) is 40.8 Å². The van der Waals surface area contributed by atoms with Crippen molar-refractivity contribution in [2.45, 2.75) is 0 Å². The summed E-state index contributed by atoms with van der Waals surface area (Å²) >= 11 is 5.77. The molecule has 1 N–H and O–H groups in total. The fraction of sp³-hybridized carbons (Fsp3) is 0. The highest BCUT2D eigenvalue weighted by Crippen LogP contribution is 2.16. The lowest BCUT2D eigenvalue weighted by atomic mass is 10.3. The molecule has 0 fully saturated rings. The third-order valence-electron chi connectivity index (χ3n) is 1.05. The standard InChI is InChI=1S/C6H5FINS/c7-5-3-4(8)1-2-6(5)9-10/h1-3,9-10H. The molecule has 0 amide bonds. The number of hydrogen-bond donors (Lipinski definition) is 2.